The van der Waals surface area contributed by atoms with Gasteiger partial charge in [0.05, 0.1) is 15.4 Å². The quantitative estimate of drug-likeness (QED) is 0.741. The number of rotatable bonds is 1. The maximum Gasteiger partial charge on any atom is 0.148 e. The average molecular weight is 228 g/mol. The molecule has 2 heterocycles. The molecule has 0 unspecified atom stereocenters. The molecular formula is C13H12N2S. The monoisotopic (exact) mass is 228 g/mol. The van der Waals surface area contributed by atoms with Crippen LogP contribution in [0.25, 0.3) is 10.9 Å². The van der Waals surface area contributed by atoms with Gasteiger partial charge in [-0.3, -0.25) is 0 Å². The highest BCUT2D eigenvalue weighted by molar-refractivity contribution is 8.03. The first-order valence-corrected chi connectivity index (χ1v) is 6.15. The summed E-state index contributed by atoms with van der Waals surface area (Å²) in [6, 6.07) is 10.4. The molecule has 1 aromatic carbocycles. The fourth-order valence-electron chi connectivity index (χ4n) is 1.98. The van der Waals surface area contributed by atoms with E-state index in [0.717, 1.165) is 22.9 Å². The van der Waals surface area contributed by atoms with E-state index in [-0.39, 0.29) is 0 Å². The highest BCUT2D eigenvalue weighted by atomic mass is 32.2. The van der Waals surface area contributed by atoms with Crippen molar-refractivity contribution in [2.24, 2.45) is 0 Å². The molecule has 0 fully saturated rings. The van der Waals surface area contributed by atoms with Crippen LogP contribution < -0.4 is 4.90 Å². The Hall–Kier alpha value is -1.48. The Morgan fingerprint density at radius 1 is 1.38 bits per heavy atom. The molecule has 16 heavy (non-hydrogen) atoms. The highest BCUT2D eigenvalue weighted by Gasteiger charge is 2.24. The van der Waals surface area contributed by atoms with Crippen LogP contribution in [-0.2, 0) is 0 Å². The van der Waals surface area contributed by atoms with E-state index in [1.54, 1.807) is 11.8 Å². The number of anilines is 1. The van der Waals surface area contributed by atoms with Crippen LogP contribution in [0.2, 0.25) is 0 Å². The Balaban J connectivity index is 2.26. The SMILES string of the molecule is C=C1Sc2cc3ccccc3nc2N1CC. The van der Waals surface area contributed by atoms with E-state index in [1.807, 2.05) is 12.1 Å². The molecule has 0 aliphatic carbocycles. The van der Waals surface area contributed by atoms with Crippen LogP contribution in [-0.4, -0.2) is 11.5 Å². The van der Waals surface area contributed by atoms with Crippen LogP contribution in [0.4, 0.5) is 5.82 Å². The summed E-state index contributed by atoms with van der Waals surface area (Å²) in [6.07, 6.45) is 0. The van der Waals surface area contributed by atoms with Gasteiger partial charge >= 0.3 is 0 Å². The molecule has 1 aliphatic heterocycles. The van der Waals surface area contributed by atoms with Crippen LogP contribution in [0.3, 0.4) is 0 Å². The van der Waals surface area contributed by atoms with Gasteiger partial charge in [-0.25, -0.2) is 4.98 Å². The molecule has 0 radical (unpaired) electrons. The minimum Gasteiger partial charge on any atom is -0.321 e. The minimum atomic E-state index is 0.921. The fraction of sp³-hybridized carbons (Fsp3) is 0.154. The van der Waals surface area contributed by atoms with Crippen molar-refractivity contribution in [1.29, 1.82) is 0 Å². The molecule has 0 N–H and O–H groups in total. The van der Waals surface area contributed by atoms with Crippen LogP contribution in [0.15, 0.2) is 46.8 Å². The maximum atomic E-state index is 4.70. The van der Waals surface area contributed by atoms with Gasteiger partial charge < -0.3 is 4.90 Å². The van der Waals surface area contributed by atoms with Crippen LogP contribution in [0.1, 0.15) is 6.92 Å². The number of aromatic nitrogens is 1. The predicted molar refractivity (Wildman–Crippen MR) is 69.8 cm³/mol. The first kappa shape index (κ1) is 9.73. The molecule has 3 rings (SSSR count). The molecule has 0 spiro atoms. The lowest BCUT2D eigenvalue weighted by Crippen LogP contribution is -2.16. The molecular weight excluding hydrogens is 216 g/mol. The van der Waals surface area contributed by atoms with Gasteiger partial charge in [-0.05, 0) is 19.1 Å². The molecule has 2 aromatic rings. The van der Waals surface area contributed by atoms with E-state index >= 15 is 0 Å². The number of para-hydroxylation sites is 1. The van der Waals surface area contributed by atoms with Gasteiger partial charge in [0.25, 0.3) is 0 Å². The van der Waals surface area contributed by atoms with E-state index in [4.69, 9.17) is 4.98 Å². The lowest BCUT2D eigenvalue weighted by Gasteiger charge is -2.15. The zero-order chi connectivity index (χ0) is 11.1. The average Bonchev–Trinajstić information content (AvgIpc) is 2.60. The smallest absolute Gasteiger partial charge is 0.148 e. The van der Waals surface area contributed by atoms with Crippen LogP contribution in [0, 0.1) is 0 Å². The number of thioether (sulfide) groups is 1. The third kappa shape index (κ3) is 1.32. The van der Waals surface area contributed by atoms with Crippen molar-refractivity contribution < 1.29 is 0 Å². The third-order valence-corrected chi connectivity index (χ3v) is 3.75. The summed E-state index contributed by atoms with van der Waals surface area (Å²) in [6.45, 7) is 7.10. The maximum absolute atomic E-state index is 4.70. The van der Waals surface area contributed by atoms with E-state index in [0.29, 0.717) is 0 Å². The molecule has 2 nitrogen and oxygen atoms in total. The summed E-state index contributed by atoms with van der Waals surface area (Å²) in [5.74, 6) is 1.05. The van der Waals surface area contributed by atoms with Crippen LogP contribution >= 0.6 is 11.8 Å². The lowest BCUT2D eigenvalue weighted by atomic mass is 10.2. The summed E-state index contributed by atoms with van der Waals surface area (Å²) in [4.78, 5) is 8.08. The minimum absolute atomic E-state index is 0.921. The largest absolute Gasteiger partial charge is 0.321 e. The van der Waals surface area contributed by atoms with Crippen molar-refractivity contribution in [3.63, 3.8) is 0 Å². The second-order valence-corrected chi connectivity index (χ2v) is 4.86. The van der Waals surface area contributed by atoms with Gasteiger partial charge in [-0.1, -0.05) is 36.5 Å². The summed E-state index contributed by atoms with van der Waals surface area (Å²) < 4.78 is 0. The molecule has 0 bridgehead atoms. The number of nitrogens with zero attached hydrogens (tertiary/aromatic N) is 2. The standard InChI is InChI=1S/C13H12N2S/c1-3-15-9(2)16-12-8-10-6-4-5-7-11(10)14-13(12)15/h4-8H,2-3H2,1H3. The fourth-order valence-corrected chi connectivity index (χ4v) is 2.99. The normalized spacial score (nSPS) is 14.6. The van der Waals surface area contributed by atoms with Gasteiger partial charge in [-0.15, -0.1) is 0 Å². The highest BCUT2D eigenvalue weighted by Crippen LogP contribution is 2.44. The van der Waals surface area contributed by atoms with Gasteiger partial charge in [0.2, 0.25) is 0 Å². The molecule has 0 atom stereocenters. The van der Waals surface area contributed by atoms with Crippen molar-refractivity contribution in [3.8, 4) is 0 Å². The number of hydrogen-bond donors (Lipinski definition) is 0. The summed E-state index contributed by atoms with van der Waals surface area (Å²) in [5.41, 5.74) is 1.05. The zero-order valence-corrected chi connectivity index (χ0v) is 9.92. The molecule has 0 amide bonds. The first-order chi connectivity index (χ1) is 7.79. The molecule has 3 heteroatoms. The van der Waals surface area contributed by atoms with Crippen molar-refractivity contribution in [1.82, 2.24) is 4.98 Å². The summed E-state index contributed by atoms with van der Waals surface area (Å²) in [7, 11) is 0. The Morgan fingerprint density at radius 2 is 2.19 bits per heavy atom. The number of fused-ring (bicyclic) bond motifs is 2. The van der Waals surface area contributed by atoms with Crippen molar-refractivity contribution in [2.75, 3.05) is 11.4 Å². The first-order valence-electron chi connectivity index (χ1n) is 5.33. The van der Waals surface area contributed by atoms with E-state index in [9.17, 15) is 0 Å². The zero-order valence-electron chi connectivity index (χ0n) is 9.10. The number of hydrogen-bond acceptors (Lipinski definition) is 3. The number of pyridine rings is 1. The lowest BCUT2D eigenvalue weighted by molar-refractivity contribution is 0.977. The molecule has 1 aliphatic rings. The molecule has 80 valence electrons. The summed E-state index contributed by atoms with van der Waals surface area (Å²) >= 11 is 1.71. The van der Waals surface area contributed by atoms with Crippen LogP contribution in [0.5, 0.6) is 0 Å². The Kier molecular flexibility index (Phi) is 2.14. The topological polar surface area (TPSA) is 16.1 Å². The second kappa shape index (κ2) is 3.52. The summed E-state index contributed by atoms with van der Waals surface area (Å²) in [5, 5.41) is 2.26. The second-order valence-electron chi connectivity index (χ2n) is 3.74. The third-order valence-electron chi connectivity index (χ3n) is 2.77. The Bertz CT molecular complexity index is 577. The molecule has 1 aromatic heterocycles. The van der Waals surface area contributed by atoms with Crippen molar-refractivity contribution in [3.05, 3.63) is 41.9 Å². The number of benzene rings is 1. The van der Waals surface area contributed by atoms with Crippen molar-refractivity contribution in [2.45, 2.75) is 11.8 Å². The van der Waals surface area contributed by atoms with Gasteiger partial charge in [0, 0.05) is 11.9 Å². The van der Waals surface area contributed by atoms with Gasteiger partial charge in [0.15, 0.2) is 0 Å². The predicted octanol–water partition coefficient (Wildman–Crippen LogP) is 3.64. The molecule has 0 saturated carbocycles. The molecule has 0 saturated heterocycles. The van der Waals surface area contributed by atoms with E-state index < -0.39 is 0 Å². The Labute approximate surface area is 99.0 Å². The van der Waals surface area contributed by atoms with E-state index in [1.165, 1.54) is 10.3 Å². The van der Waals surface area contributed by atoms with E-state index in [2.05, 4.69) is 36.6 Å². The van der Waals surface area contributed by atoms with Gasteiger partial charge in [0.1, 0.15) is 5.82 Å². The van der Waals surface area contributed by atoms with Crippen molar-refractivity contribution >= 4 is 28.5 Å². The Morgan fingerprint density at radius 3 is 3.00 bits per heavy atom. The van der Waals surface area contributed by atoms with Gasteiger partial charge in [-0.2, -0.15) is 0 Å².